The molecule has 4 rings (SSSR count). The van der Waals surface area contributed by atoms with E-state index in [0.717, 1.165) is 49.0 Å². The predicted molar refractivity (Wildman–Crippen MR) is 122 cm³/mol. The Balaban J connectivity index is 1.33. The minimum atomic E-state index is -0.380. The van der Waals surface area contributed by atoms with Gasteiger partial charge in [0.1, 0.15) is 11.7 Å². The number of aliphatic imine (C=N–C) groups is 2. The molecule has 0 bridgehead atoms. The van der Waals surface area contributed by atoms with Crippen LogP contribution < -0.4 is 21.3 Å². The van der Waals surface area contributed by atoms with Crippen molar-refractivity contribution >= 4 is 34.9 Å². The van der Waals surface area contributed by atoms with Crippen LogP contribution in [0.5, 0.6) is 0 Å². The second kappa shape index (κ2) is 9.56. The fourth-order valence-electron chi connectivity index (χ4n) is 3.22. The highest BCUT2D eigenvalue weighted by atomic mass is 16.2. The monoisotopic (exact) mass is 414 g/mol. The summed E-state index contributed by atoms with van der Waals surface area (Å²) in [5, 5.41) is 11.9. The Bertz CT molecular complexity index is 1040. The van der Waals surface area contributed by atoms with Gasteiger partial charge in [-0.15, -0.1) is 5.73 Å². The van der Waals surface area contributed by atoms with Crippen LogP contribution >= 0.6 is 0 Å². The van der Waals surface area contributed by atoms with Crippen LogP contribution in [0.15, 0.2) is 76.4 Å². The lowest BCUT2D eigenvalue weighted by Gasteiger charge is -2.06. The minimum Gasteiger partial charge on any atom is -0.368 e. The molecule has 0 unspecified atom stereocenters. The van der Waals surface area contributed by atoms with E-state index in [-0.39, 0.29) is 11.8 Å². The van der Waals surface area contributed by atoms with Crippen LogP contribution in [0.1, 0.15) is 11.1 Å². The number of carbonyl (C=O) groups excluding carboxylic acids is 2. The van der Waals surface area contributed by atoms with Crippen molar-refractivity contribution in [2.45, 2.75) is 0 Å². The van der Waals surface area contributed by atoms with Gasteiger partial charge in [-0.1, -0.05) is 24.3 Å². The Morgan fingerprint density at radius 3 is 1.71 bits per heavy atom. The molecule has 2 aromatic carbocycles. The van der Waals surface area contributed by atoms with E-state index in [0.29, 0.717) is 11.4 Å². The van der Waals surface area contributed by atoms with Crippen LogP contribution in [0.2, 0.25) is 0 Å². The first-order chi connectivity index (χ1) is 15.2. The van der Waals surface area contributed by atoms with Gasteiger partial charge in [0.15, 0.2) is 0 Å². The SMILES string of the molecule is O=C(C=C=CC(=O)Nc1cccc(C2=NCCN2)c1)Nc1cccc(C2=NCCN2)c1. The summed E-state index contributed by atoms with van der Waals surface area (Å²) >= 11 is 0. The van der Waals surface area contributed by atoms with Gasteiger partial charge < -0.3 is 21.3 Å². The summed E-state index contributed by atoms with van der Waals surface area (Å²) in [5.74, 6) is 0.885. The van der Waals surface area contributed by atoms with Gasteiger partial charge in [-0.25, -0.2) is 0 Å². The number of carbonyl (C=O) groups is 2. The van der Waals surface area contributed by atoms with Crippen molar-refractivity contribution in [3.05, 3.63) is 77.5 Å². The molecule has 0 spiro atoms. The number of anilines is 2. The Morgan fingerprint density at radius 2 is 1.29 bits per heavy atom. The molecule has 2 aliphatic heterocycles. The van der Waals surface area contributed by atoms with E-state index in [4.69, 9.17) is 0 Å². The summed E-state index contributed by atoms with van der Waals surface area (Å²) in [6.07, 6.45) is 2.37. The highest BCUT2D eigenvalue weighted by Gasteiger charge is 2.10. The van der Waals surface area contributed by atoms with Gasteiger partial charge in [0, 0.05) is 47.7 Å². The maximum absolute atomic E-state index is 12.1. The summed E-state index contributed by atoms with van der Waals surface area (Å²) in [6, 6.07) is 14.8. The van der Waals surface area contributed by atoms with Gasteiger partial charge in [0.25, 0.3) is 11.8 Å². The highest BCUT2D eigenvalue weighted by molar-refractivity contribution is 6.05. The van der Waals surface area contributed by atoms with Crippen molar-refractivity contribution in [2.24, 2.45) is 9.98 Å². The molecule has 0 fully saturated rings. The van der Waals surface area contributed by atoms with Gasteiger partial charge in [-0.05, 0) is 24.3 Å². The highest BCUT2D eigenvalue weighted by Crippen LogP contribution is 2.13. The quantitative estimate of drug-likeness (QED) is 0.426. The third-order valence-electron chi connectivity index (χ3n) is 4.58. The Morgan fingerprint density at radius 1 is 0.806 bits per heavy atom. The van der Waals surface area contributed by atoms with Gasteiger partial charge in [-0.2, -0.15) is 0 Å². The average molecular weight is 414 g/mol. The fraction of sp³-hybridized carbons (Fsp3) is 0.174. The lowest BCUT2D eigenvalue weighted by atomic mass is 10.2. The summed E-state index contributed by atoms with van der Waals surface area (Å²) in [4.78, 5) is 33.0. The Kier molecular flexibility index (Phi) is 6.21. The Hall–Kier alpha value is -4.16. The van der Waals surface area contributed by atoms with Gasteiger partial charge >= 0.3 is 0 Å². The number of nitrogens with one attached hydrogen (secondary N) is 4. The van der Waals surface area contributed by atoms with E-state index < -0.39 is 0 Å². The van der Waals surface area contributed by atoms with E-state index in [1.54, 1.807) is 12.1 Å². The molecular weight excluding hydrogens is 392 g/mol. The average Bonchev–Trinajstić information content (AvgIpc) is 3.49. The Labute approximate surface area is 179 Å². The van der Waals surface area contributed by atoms with Crippen LogP contribution in [0.3, 0.4) is 0 Å². The normalized spacial score (nSPS) is 14.3. The van der Waals surface area contributed by atoms with Crippen molar-refractivity contribution in [2.75, 3.05) is 36.8 Å². The molecule has 0 radical (unpaired) electrons. The molecule has 2 aromatic rings. The zero-order chi connectivity index (χ0) is 21.5. The maximum Gasteiger partial charge on any atom is 0.256 e. The molecule has 8 nitrogen and oxygen atoms in total. The molecule has 2 aliphatic rings. The number of rotatable bonds is 6. The van der Waals surface area contributed by atoms with Crippen molar-refractivity contribution in [3.63, 3.8) is 0 Å². The van der Waals surface area contributed by atoms with Gasteiger partial charge in [0.05, 0.1) is 13.1 Å². The van der Waals surface area contributed by atoms with Crippen molar-refractivity contribution in [1.29, 1.82) is 0 Å². The molecule has 31 heavy (non-hydrogen) atoms. The number of amidine groups is 2. The zero-order valence-electron chi connectivity index (χ0n) is 16.8. The third kappa shape index (κ3) is 5.46. The lowest BCUT2D eigenvalue weighted by Crippen LogP contribution is -2.19. The lowest BCUT2D eigenvalue weighted by molar-refractivity contribution is -0.112. The minimum absolute atomic E-state index is 0.380. The second-order valence-electron chi connectivity index (χ2n) is 6.91. The van der Waals surface area contributed by atoms with E-state index in [1.807, 2.05) is 36.4 Å². The van der Waals surface area contributed by atoms with E-state index in [1.165, 1.54) is 12.2 Å². The second-order valence-corrected chi connectivity index (χ2v) is 6.91. The molecule has 0 saturated heterocycles. The predicted octanol–water partition coefficient (Wildman–Crippen LogP) is 1.67. The van der Waals surface area contributed by atoms with E-state index in [9.17, 15) is 9.59 Å². The molecular formula is C23H22N6O2. The number of amides is 2. The van der Waals surface area contributed by atoms with E-state index in [2.05, 4.69) is 37.0 Å². The number of hydrogen-bond acceptors (Lipinski definition) is 6. The van der Waals surface area contributed by atoms with Crippen LogP contribution in [-0.2, 0) is 9.59 Å². The van der Waals surface area contributed by atoms with Crippen LogP contribution in [0.25, 0.3) is 0 Å². The number of benzene rings is 2. The van der Waals surface area contributed by atoms with Crippen LogP contribution in [0.4, 0.5) is 11.4 Å². The summed E-state index contributed by atoms with van der Waals surface area (Å²) < 4.78 is 0. The number of hydrogen-bond donors (Lipinski definition) is 4. The molecule has 0 aromatic heterocycles. The zero-order valence-corrected chi connectivity index (χ0v) is 16.8. The third-order valence-corrected chi connectivity index (χ3v) is 4.58. The topological polar surface area (TPSA) is 107 Å². The van der Waals surface area contributed by atoms with E-state index >= 15 is 0 Å². The molecule has 2 heterocycles. The van der Waals surface area contributed by atoms with Crippen molar-refractivity contribution in [1.82, 2.24) is 10.6 Å². The molecule has 2 amide bonds. The fourth-order valence-corrected chi connectivity index (χ4v) is 3.22. The summed E-state index contributed by atoms with van der Waals surface area (Å²) in [5.41, 5.74) is 5.72. The first kappa shape index (κ1) is 20.1. The molecule has 4 N–H and O–H groups in total. The molecule has 0 aliphatic carbocycles. The largest absolute Gasteiger partial charge is 0.368 e. The molecule has 0 saturated carbocycles. The van der Waals surface area contributed by atoms with Crippen molar-refractivity contribution in [3.8, 4) is 0 Å². The first-order valence-electron chi connectivity index (χ1n) is 9.99. The molecule has 156 valence electrons. The maximum atomic E-state index is 12.1. The molecule has 8 heteroatoms. The molecule has 0 atom stereocenters. The summed E-state index contributed by atoms with van der Waals surface area (Å²) in [7, 11) is 0. The van der Waals surface area contributed by atoms with Gasteiger partial charge in [0.2, 0.25) is 0 Å². The van der Waals surface area contributed by atoms with Crippen molar-refractivity contribution < 1.29 is 9.59 Å². The van der Waals surface area contributed by atoms with Gasteiger partial charge in [-0.3, -0.25) is 19.6 Å². The van der Waals surface area contributed by atoms with Crippen LogP contribution in [0, 0.1) is 0 Å². The smallest absolute Gasteiger partial charge is 0.256 e. The number of nitrogens with zero attached hydrogens (tertiary/aromatic N) is 2. The summed E-state index contributed by atoms with van der Waals surface area (Å²) in [6.45, 7) is 3.13. The first-order valence-corrected chi connectivity index (χ1v) is 9.99. The van der Waals surface area contributed by atoms with Crippen LogP contribution in [-0.4, -0.2) is 49.7 Å². The standard InChI is InChI=1S/C23H22N6O2/c30-20(28-18-6-1-4-16(14-18)22-24-10-11-25-22)8-3-9-21(31)29-19-7-2-5-17(15-19)23-26-12-13-27-23/h1-2,4-9,14-15H,10-13H2,(H,24,25)(H,26,27)(H,28,30)(H,29,31).